The van der Waals surface area contributed by atoms with Gasteiger partial charge in [-0.15, -0.1) is 0 Å². The number of benzene rings is 2. The molecule has 2 aromatic rings. The van der Waals surface area contributed by atoms with Crippen LogP contribution < -0.4 is 4.74 Å². The molecule has 0 unspecified atom stereocenters. The number of hydrogen-bond acceptors (Lipinski definition) is 1. The highest BCUT2D eigenvalue weighted by molar-refractivity contribution is 6.32. The number of aryl methyl sites for hydroxylation is 1. The van der Waals surface area contributed by atoms with Crippen LogP contribution in [0.1, 0.15) is 11.1 Å². The molecule has 88 valence electrons. The Hall–Kier alpha value is -1.54. The Bertz CT molecular complexity index is 511. The standard InChI is InChI=1S/C14H12ClFO/c1-10-7-8-13(16)12(14(10)15)9-17-11-5-3-2-4-6-11/h2-8H,9H2,1H3. The van der Waals surface area contributed by atoms with Crippen molar-refractivity contribution in [3.63, 3.8) is 0 Å². The first kappa shape index (κ1) is 11.9. The Labute approximate surface area is 105 Å². The SMILES string of the molecule is Cc1ccc(F)c(COc2ccccc2)c1Cl. The van der Waals surface area contributed by atoms with Crippen molar-refractivity contribution in [1.29, 1.82) is 0 Å². The van der Waals surface area contributed by atoms with Crippen LogP contribution >= 0.6 is 11.6 Å². The van der Waals surface area contributed by atoms with E-state index in [4.69, 9.17) is 16.3 Å². The minimum atomic E-state index is -0.337. The zero-order chi connectivity index (χ0) is 12.3. The molecule has 3 heteroatoms. The van der Waals surface area contributed by atoms with Gasteiger partial charge < -0.3 is 4.74 Å². The van der Waals surface area contributed by atoms with Crippen LogP contribution in [0.25, 0.3) is 0 Å². The monoisotopic (exact) mass is 250 g/mol. The molecule has 0 N–H and O–H groups in total. The van der Waals surface area contributed by atoms with E-state index in [1.165, 1.54) is 6.07 Å². The molecule has 0 saturated carbocycles. The molecule has 0 radical (unpaired) electrons. The minimum absolute atomic E-state index is 0.135. The summed E-state index contributed by atoms with van der Waals surface area (Å²) in [5.74, 6) is 0.362. The average molecular weight is 251 g/mol. The normalized spacial score (nSPS) is 10.3. The van der Waals surface area contributed by atoms with Crippen LogP contribution in [-0.4, -0.2) is 0 Å². The summed E-state index contributed by atoms with van der Waals surface area (Å²) in [6.07, 6.45) is 0. The van der Waals surface area contributed by atoms with E-state index in [0.717, 1.165) is 5.56 Å². The van der Waals surface area contributed by atoms with Gasteiger partial charge in [0.25, 0.3) is 0 Å². The highest BCUT2D eigenvalue weighted by Crippen LogP contribution is 2.24. The molecule has 1 nitrogen and oxygen atoms in total. The van der Waals surface area contributed by atoms with Crippen LogP contribution in [0.15, 0.2) is 42.5 Å². The second-order valence-corrected chi connectivity index (χ2v) is 4.14. The summed E-state index contributed by atoms with van der Waals surface area (Å²) >= 11 is 6.04. The molecule has 0 bridgehead atoms. The Morgan fingerprint density at radius 3 is 2.53 bits per heavy atom. The summed E-state index contributed by atoms with van der Waals surface area (Å²) in [7, 11) is 0. The molecule has 0 atom stereocenters. The topological polar surface area (TPSA) is 9.23 Å². The van der Waals surface area contributed by atoms with Crippen molar-refractivity contribution in [2.45, 2.75) is 13.5 Å². The van der Waals surface area contributed by atoms with E-state index in [2.05, 4.69) is 0 Å². The third-order valence-electron chi connectivity index (χ3n) is 2.51. The molecule has 0 aliphatic rings. The summed E-state index contributed by atoms with van der Waals surface area (Å²) in [5.41, 5.74) is 1.25. The van der Waals surface area contributed by atoms with Gasteiger partial charge in [-0.2, -0.15) is 0 Å². The third kappa shape index (κ3) is 2.77. The van der Waals surface area contributed by atoms with Crippen molar-refractivity contribution < 1.29 is 9.13 Å². The molecule has 0 aliphatic heterocycles. The fourth-order valence-corrected chi connectivity index (χ4v) is 1.73. The summed E-state index contributed by atoms with van der Waals surface area (Å²) < 4.78 is 19.1. The maximum atomic E-state index is 13.6. The molecule has 2 rings (SSSR count). The maximum Gasteiger partial charge on any atom is 0.131 e. The fraction of sp³-hybridized carbons (Fsp3) is 0.143. The quantitative estimate of drug-likeness (QED) is 0.786. The van der Waals surface area contributed by atoms with E-state index in [-0.39, 0.29) is 12.4 Å². The maximum absolute atomic E-state index is 13.6. The zero-order valence-corrected chi connectivity index (χ0v) is 10.2. The molecule has 0 amide bonds. The van der Waals surface area contributed by atoms with Crippen LogP contribution in [0, 0.1) is 12.7 Å². The second-order valence-electron chi connectivity index (χ2n) is 3.76. The van der Waals surface area contributed by atoms with Crippen molar-refractivity contribution in [2.24, 2.45) is 0 Å². The van der Waals surface area contributed by atoms with E-state index < -0.39 is 0 Å². The van der Waals surface area contributed by atoms with Crippen LogP contribution in [-0.2, 0) is 6.61 Å². The molecular weight excluding hydrogens is 239 g/mol. The predicted molar refractivity (Wildman–Crippen MR) is 66.9 cm³/mol. The molecular formula is C14H12ClFO. The van der Waals surface area contributed by atoms with Gasteiger partial charge in [0.1, 0.15) is 18.2 Å². The molecule has 0 aliphatic carbocycles. The van der Waals surface area contributed by atoms with Gasteiger partial charge in [0.2, 0.25) is 0 Å². The highest BCUT2D eigenvalue weighted by atomic mass is 35.5. The number of rotatable bonds is 3. The van der Waals surface area contributed by atoms with Gasteiger partial charge in [0.15, 0.2) is 0 Å². The van der Waals surface area contributed by atoms with E-state index in [0.29, 0.717) is 16.3 Å². The highest BCUT2D eigenvalue weighted by Gasteiger charge is 2.10. The van der Waals surface area contributed by atoms with E-state index >= 15 is 0 Å². The van der Waals surface area contributed by atoms with Crippen molar-refractivity contribution in [1.82, 2.24) is 0 Å². The lowest BCUT2D eigenvalue weighted by atomic mass is 10.1. The first-order valence-corrected chi connectivity index (χ1v) is 5.67. The molecule has 0 aromatic heterocycles. The molecule has 0 spiro atoms. The number of para-hydroxylation sites is 1. The Morgan fingerprint density at radius 1 is 1.12 bits per heavy atom. The van der Waals surface area contributed by atoms with Crippen LogP contribution in [0.4, 0.5) is 4.39 Å². The number of halogens is 2. The second kappa shape index (κ2) is 5.19. The zero-order valence-electron chi connectivity index (χ0n) is 9.41. The van der Waals surface area contributed by atoms with Gasteiger partial charge in [-0.25, -0.2) is 4.39 Å². The Morgan fingerprint density at radius 2 is 1.82 bits per heavy atom. The summed E-state index contributed by atoms with van der Waals surface area (Å²) in [6, 6.07) is 12.3. The lowest BCUT2D eigenvalue weighted by Crippen LogP contribution is -2.00. The average Bonchev–Trinajstić information content (AvgIpc) is 2.35. The van der Waals surface area contributed by atoms with E-state index in [1.807, 2.05) is 37.3 Å². The van der Waals surface area contributed by atoms with Gasteiger partial charge >= 0.3 is 0 Å². The lowest BCUT2D eigenvalue weighted by molar-refractivity contribution is 0.300. The predicted octanol–water partition coefficient (Wildman–Crippen LogP) is 4.37. The lowest BCUT2D eigenvalue weighted by Gasteiger charge is -2.10. The van der Waals surface area contributed by atoms with Crippen molar-refractivity contribution >= 4 is 11.6 Å². The number of hydrogen-bond donors (Lipinski definition) is 0. The molecule has 0 saturated heterocycles. The van der Waals surface area contributed by atoms with Gasteiger partial charge in [-0.1, -0.05) is 35.9 Å². The van der Waals surface area contributed by atoms with Crippen molar-refractivity contribution in [2.75, 3.05) is 0 Å². The minimum Gasteiger partial charge on any atom is -0.489 e. The first-order chi connectivity index (χ1) is 8.18. The fourth-order valence-electron chi connectivity index (χ4n) is 1.52. The summed E-state index contributed by atoms with van der Waals surface area (Å²) in [5, 5.41) is 0.431. The van der Waals surface area contributed by atoms with Gasteiger partial charge in [0.05, 0.1) is 5.02 Å². The van der Waals surface area contributed by atoms with Crippen LogP contribution in [0.5, 0.6) is 5.75 Å². The van der Waals surface area contributed by atoms with Crippen LogP contribution in [0.3, 0.4) is 0 Å². The van der Waals surface area contributed by atoms with E-state index in [9.17, 15) is 4.39 Å². The summed E-state index contributed by atoms with van der Waals surface area (Å²) in [4.78, 5) is 0. The molecule has 2 aromatic carbocycles. The van der Waals surface area contributed by atoms with Gasteiger partial charge in [-0.3, -0.25) is 0 Å². The smallest absolute Gasteiger partial charge is 0.131 e. The van der Waals surface area contributed by atoms with Crippen molar-refractivity contribution in [3.05, 3.63) is 64.4 Å². The Kier molecular flexibility index (Phi) is 3.64. The van der Waals surface area contributed by atoms with Gasteiger partial charge in [0, 0.05) is 5.56 Å². The molecule has 0 fully saturated rings. The molecule has 17 heavy (non-hydrogen) atoms. The third-order valence-corrected chi connectivity index (χ3v) is 3.03. The van der Waals surface area contributed by atoms with Gasteiger partial charge in [-0.05, 0) is 30.7 Å². The summed E-state index contributed by atoms with van der Waals surface area (Å²) in [6.45, 7) is 1.98. The van der Waals surface area contributed by atoms with E-state index in [1.54, 1.807) is 6.07 Å². The number of ether oxygens (including phenoxy) is 1. The Balaban J connectivity index is 2.17. The van der Waals surface area contributed by atoms with Crippen LogP contribution in [0.2, 0.25) is 5.02 Å². The first-order valence-electron chi connectivity index (χ1n) is 5.30. The largest absolute Gasteiger partial charge is 0.489 e. The molecule has 0 heterocycles. The van der Waals surface area contributed by atoms with Crippen molar-refractivity contribution in [3.8, 4) is 5.75 Å².